The smallest absolute Gasteiger partial charge is 0.256 e. The summed E-state index contributed by atoms with van der Waals surface area (Å²) < 4.78 is 1.70. The van der Waals surface area contributed by atoms with Gasteiger partial charge in [-0.25, -0.2) is 4.68 Å². The Balaban J connectivity index is 1.91. The molecule has 0 aliphatic heterocycles. The summed E-state index contributed by atoms with van der Waals surface area (Å²) in [6.07, 6.45) is 0. The van der Waals surface area contributed by atoms with Crippen molar-refractivity contribution in [1.29, 1.82) is 5.26 Å². The van der Waals surface area contributed by atoms with Crippen LogP contribution in [0.3, 0.4) is 0 Å². The highest BCUT2D eigenvalue weighted by molar-refractivity contribution is 6.04. The lowest BCUT2D eigenvalue weighted by atomic mass is 10.1. The van der Waals surface area contributed by atoms with Crippen LogP contribution in [-0.2, 0) is 0 Å². The molecule has 0 radical (unpaired) electrons. The number of aromatic nitrogens is 2. The van der Waals surface area contributed by atoms with E-state index in [2.05, 4.69) is 10.4 Å². The monoisotopic (exact) mass is 316 g/mol. The summed E-state index contributed by atoms with van der Waals surface area (Å²) in [6.45, 7) is 3.89. The molecule has 0 aliphatic carbocycles. The summed E-state index contributed by atoms with van der Waals surface area (Å²) in [7, 11) is 0. The van der Waals surface area contributed by atoms with Crippen molar-refractivity contribution in [3.8, 4) is 11.8 Å². The maximum atomic E-state index is 12.5. The second kappa shape index (κ2) is 6.39. The standard InChI is InChI=1S/C19H16N4O/c1-13-6-8-17(9-7-13)23-18(10-14(2)22-23)21-19(24)16-5-3-4-15(11-16)12-20/h3-11H,1-2H3,(H,21,24). The Morgan fingerprint density at radius 2 is 1.88 bits per heavy atom. The number of nitriles is 1. The van der Waals surface area contributed by atoms with Gasteiger partial charge in [-0.1, -0.05) is 23.8 Å². The fourth-order valence-corrected chi connectivity index (χ4v) is 2.39. The number of aryl methyl sites for hydroxylation is 2. The summed E-state index contributed by atoms with van der Waals surface area (Å²) in [5.41, 5.74) is 3.71. The molecule has 118 valence electrons. The highest BCUT2D eigenvalue weighted by atomic mass is 16.1. The molecule has 0 fully saturated rings. The first-order valence-corrected chi connectivity index (χ1v) is 7.52. The van der Waals surface area contributed by atoms with Gasteiger partial charge < -0.3 is 5.32 Å². The number of carbonyl (C=O) groups is 1. The van der Waals surface area contributed by atoms with E-state index >= 15 is 0 Å². The summed E-state index contributed by atoms with van der Waals surface area (Å²) in [5.74, 6) is 0.309. The van der Waals surface area contributed by atoms with Crippen molar-refractivity contribution < 1.29 is 4.79 Å². The SMILES string of the molecule is Cc1ccc(-n2nc(C)cc2NC(=O)c2cccc(C#N)c2)cc1. The second-order valence-electron chi connectivity index (χ2n) is 5.57. The minimum atomic E-state index is -0.277. The van der Waals surface area contributed by atoms with Crippen molar-refractivity contribution in [3.63, 3.8) is 0 Å². The minimum Gasteiger partial charge on any atom is -0.306 e. The summed E-state index contributed by atoms with van der Waals surface area (Å²) >= 11 is 0. The number of hydrogen-bond donors (Lipinski definition) is 1. The Hall–Kier alpha value is -3.39. The summed E-state index contributed by atoms with van der Waals surface area (Å²) in [6, 6.07) is 18.3. The molecule has 5 nitrogen and oxygen atoms in total. The Morgan fingerprint density at radius 1 is 1.12 bits per heavy atom. The van der Waals surface area contributed by atoms with E-state index < -0.39 is 0 Å². The van der Waals surface area contributed by atoms with Crippen LogP contribution in [0.2, 0.25) is 0 Å². The number of rotatable bonds is 3. The highest BCUT2D eigenvalue weighted by Crippen LogP contribution is 2.18. The lowest BCUT2D eigenvalue weighted by Crippen LogP contribution is -2.15. The molecule has 1 heterocycles. The van der Waals surface area contributed by atoms with Gasteiger partial charge in [-0.3, -0.25) is 4.79 Å². The molecule has 0 aliphatic rings. The molecule has 0 bridgehead atoms. The van der Waals surface area contributed by atoms with Crippen molar-refractivity contribution in [2.45, 2.75) is 13.8 Å². The normalized spacial score (nSPS) is 10.2. The van der Waals surface area contributed by atoms with Crippen LogP contribution in [0.5, 0.6) is 0 Å². The third kappa shape index (κ3) is 3.18. The number of anilines is 1. The van der Waals surface area contributed by atoms with Crippen LogP contribution in [-0.4, -0.2) is 15.7 Å². The Morgan fingerprint density at radius 3 is 2.58 bits per heavy atom. The molecule has 1 aromatic heterocycles. The Bertz CT molecular complexity index is 933. The molecule has 1 N–H and O–H groups in total. The van der Waals surface area contributed by atoms with Gasteiger partial charge in [-0.05, 0) is 44.2 Å². The fourth-order valence-electron chi connectivity index (χ4n) is 2.39. The first-order chi connectivity index (χ1) is 11.6. The van der Waals surface area contributed by atoms with E-state index in [4.69, 9.17) is 5.26 Å². The molecule has 0 atom stereocenters. The molecule has 0 saturated carbocycles. The van der Waals surface area contributed by atoms with Crippen LogP contribution in [0.15, 0.2) is 54.6 Å². The molecule has 3 aromatic rings. The fraction of sp³-hybridized carbons (Fsp3) is 0.105. The molecule has 0 saturated heterocycles. The van der Waals surface area contributed by atoms with E-state index in [0.717, 1.165) is 16.9 Å². The van der Waals surface area contributed by atoms with E-state index in [1.165, 1.54) is 0 Å². The average molecular weight is 316 g/mol. The first-order valence-electron chi connectivity index (χ1n) is 7.52. The van der Waals surface area contributed by atoms with E-state index in [0.29, 0.717) is 16.9 Å². The lowest BCUT2D eigenvalue weighted by Gasteiger charge is -2.09. The quantitative estimate of drug-likeness (QED) is 0.802. The van der Waals surface area contributed by atoms with Crippen molar-refractivity contribution >= 4 is 11.7 Å². The molecule has 0 spiro atoms. The van der Waals surface area contributed by atoms with Crippen molar-refractivity contribution in [2.75, 3.05) is 5.32 Å². The zero-order chi connectivity index (χ0) is 17.1. The molecule has 3 rings (SSSR count). The van der Waals surface area contributed by atoms with Crippen LogP contribution in [0.4, 0.5) is 5.82 Å². The molecule has 0 unspecified atom stereocenters. The first kappa shape index (κ1) is 15.5. The lowest BCUT2D eigenvalue weighted by molar-refractivity contribution is 0.102. The maximum absolute atomic E-state index is 12.5. The molecule has 1 amide bonds. The van der Waals surface area contributed by atoms with Crippen LogP contribution in [0.25, 0.3) is 5.69 Å². The second-order valence-corrected chi connectivity index (χ2v) is 5.57. The summed E-state index contributed by atoms with van der Waals surface area (Å²) in [4.78, 5) is 12.5. The number of nitrogens with one attached hydrogen (secondary N) is 1. The number of carbonyl (C=O) groups excluding carboxylic acids is 1. The minimum absolute atomic E-state index is 0.277. The van der Waals surface area contributed by atoms with E-state index in [-0.39, 0.29) is 5.91 Å². The van der Waals surface area contributed by atoms with Gasteiger partial charge in [0, 0.05) is 11.6 Å². The van der Waals surface area contributed by atoms with Gasteiger partial charge in [0.25, 0.3) is 5.91 Å². The van der Waals surface area contributed by atoms with Gasteiger partial charge >= 0.3 is 0 Å². The molecule has 24 heavy (non-hydrogen) atoms. The third-order valence-electron chi connectivity index (χ3n) is 3.61. The van der Waals surface area contributed by atoms with Gasteiger partial charge in [-0.2, -0.15) is 10.4 Å². The largest absolute Gasteiger partial charge is 0.306 e. The van der Waals surface area contributed by atoms with E-state index in [9.17, 15) is 4.79 Å². The molecular formula is C19H16N4O. The van der Waals surface area contributed by atoms with Crippen LogP contribution in [0, 0.1) is 25.2 Å². The molecular weight excluding hydrogens is 300 g/mol. The Kier molecular flexibility index (Phi) is 4.13. The van der Waals surface area contributed by atoms with Crippen molar-refractivity contribution in [2.24, 2.45) is 0 Å². The van der Waals surface area contributed by atoms with Crippen LogP contribution < -0.4 is 5.32 Å². The topological polar surface area (TPSA) is 70.7 Å². The van der Waals surface area contributed by atoms with Gasteiger partial charge in [-0.15, -0.1) is 0 Å². The third-order valence-corrected chi connectivity index (χ3v) is 3.61. The van der Waals surface area contributed by atoms with E-state index in [1.54, 1.807) is 28.9 Å². The number of hydrogen-bond acceptors (Lipinski definition) is 3. The van der Waals surface area contributed by atoms with Gasteiger partial charge in [0.2, 0.25) is 0 Å². The van der Waals surface area contributed by atoms with Crippen LogP contribution >= 0.6 is 0 Å². The highest BCUT2D eigenvalue weighted by Gasteiger charge is 2.12. The zero-order valence-corrected chi connectivity index (χ0v) is 13.4. The van der Waals surface area contributed by atoms with E-state index in [1.807, 2.05) is 50.2 Å². The predicted octanol–water partition coefficient (Wildman–Crippen LogP) is 3.61. The van der Waals surface area contributed by atoms with Crippen molar-refractivity contribution in [1.82, 2.24) is 9.78 Å². The number of nitrogens with zero attached hydrogens (tertiary/aromatic N) is 3. The number of benzene rings is 2. The van der Waals surface area contributed by atoms with Gasteiger partial charge in [0.1, 0.15) is 5.82 Å². The zero-order valence-electron chi connectivity index (χ0n) is 13.4. The van der Waals surface area contributed by atoms with Gasteiger partial charge in [0.05, 0.1) is 23.0 Å². The number of amides is 1. The van der Waals surface area contributed by atoms with Crippen molar-refractivity contribution in [3.05, 3.63) is 77.0 Å². The summed E-state index contributed by atoms with van der Waals surface area (Å²) in [5, 5.41) is 16.3. The van der Waals surface area contributed by atoms with Crippen LogP contribution in [0.1, 0.15) is 27.2 Å². The average Bonchev–Trinajstić information content (AvgIpc) is 2.96. The molecule has 2 aromatic carbocycles. The van der Waals surface area contributed by atoms with Gasteiger partial charge in [0.15, 0.2) is 0 Å². The predicted molar refractivity (Wildman–Crippen MR) is 92.1 cm³/mol. The maximum Gasteiger partial charge on any atom is 0.256 e. The Labute approximate surface area is 140 Å². The molecule has 5 heteroatoms.